The van der Waals surface area contributed by atoms with Crippen LogP contribution in [-0.2, 0) is 0 Å². The number of hydrogen-bond donors (Lipinski definition) is 1. The fraction of sp³-hybridized carbons (Fsp3) is 0. The van der Waals surface area contributed by atoms with Crippen molar-refractivity contribution in [3.05, 3.63) is 24.3 Å². The molecule has 0 saturated carbocycles. The van der Waals surface area contributed by atoms with Crippen molar-refractivity contribution in [3.63, 3.8) is 0 Å². The molecule has 0 bridgehead atoms. The molecular formula is C6H4FN3. The lowest BCUT2D eigenvalue weighted by molar-refractivity contribution is 0.594. The number of hydrogen-bond acceptors (Lipinski definition) is 2. The topological polar surface area (TPSA) is 41.6 Å². The van der Waals surface area contributed by atoms with Crippen molar-refractivity contribution < 1.29 is 4.39 Å². The Kier molecular flexibility index (Phi) is 0.943. The Morgan fingerprint density at radius 1 is 1.50 bits per heavy atom. The molecule has 0 aliphatic carbocycles. The molecule has 0 radical (unpaired) electrons. The normalized spacial score (nSPS) is 10.5. The van der Waals surface area contributed by atoms with Crippen molar-refractivity contribution in [1.29, 1.82) is 0 Å². The third kappa shape index (κ3) is 0.655. The lowest BCUT2D eigenvalue weighted by Gasteiger charge is -1.80. The number of fused-ring (bicyclic) bond motifs is 1. The largest absolute Gasteiger partial charge is 0.315 e. The number of halogens is 1. The van der Waals surface area contributed by atoms with Crippen LogP contribution < -0.4 is 0 Å². The number of aromatic nitrogens is 3. The van der Waals surface area contributed by atoms with Crippen molar-refractivity contribution in [1.82, 2.24) is 15.2 Å². The molecule has 0 amide bonds. The van der Waals surface area contributed by atoms with E-state index in [-0.39, 0.29) is 5.95 Å². The van der Waals surface area contributed by atoms with E-state index in [1.165, 1.54) is 12.3 Å². The van der Waals surface area contributed by atoms with E-state index in [9.17, 15) is 4.39 Å². The SMILES string of the molecule is Fc1cc2ccnnc2[nH]1. The Hall–Kier alpha value is -1.45. The first-order chi connectivity index (χ1) is 4.86. The summed E-state index contributed by atoms with van der Waals surface area (Å²) < 4.78 is 12.4. The predicted molar refractivity (Wildman–Crippen MR) is 33.8 cm³/mol. The molecule has 50 valence electrons. The molecule has 0 aliphatic heterocycles. The molecule has 2 rings (SSSR count). The highest BCUT2D eigenvalue weighted by Gasteiger charge is 1.97. The summed E-state index contributed by atoms with van der Waals surface area (Å²) >= 11 is 0. The zero-order chi connectivity index (χ0) is 6.97. The van der Waals surface area contributed by atoms with Crippen LogP contribution in [0.25, 0.3) is 11.0 Å². The molecule has 0 aliphatic rings. The second kappa shape index (κ2) is 1.76. The Morgan fingerprint density at radius 3 is 3.20 bits per heavy atom. The Labute approximate surface area is 55.9 Å². The van der Waals surface area contributed by atoms with Crippen molar-refractivity contribution in [2.75, 3.05) is 0 Å². The highest BCUT2D eigenvalue weighted by atomic mass is 19.1. The summed E-state index contributed by atoms with van der Waals surface area (Å²) in [7, 11) is 0. The predicted octanol–water partition coefficient (Wildman–Crippen LogP) is 1.10. The van der Waals surface area contributed by atoms with Gasteiger partial charge < -0.3 is 4.98 Å². The average molecular weight is 137 g/mol. The Bertz CT molecular complexity index is 322. The van der Waals surface area contributed by atoms with Gasteiger partial charge in [0.1, 0.15) is 0 Å². The van der Waals surface area contributed by atoms with Gasteiger partial charge in [-0.25, -0.2) is 0 Å². The summed E-state index contributed by atoms with van der Waals surface area (Å²) in [5.74, 6) is -0.379. The van der Waals surface area contributed by atoms with Gasteiger partial charge in [-0.1, -0.05) is 0 Å². The van der Waals surface area contributed by atoms with Crippen molar-refractivity contribution >= 4 is 11.0 Å². The molecular weight excluding hydrogens is 133 g/mol. The van der Waals surface area contributed by atoms with Gasteiger partial charge in [0.2, 0.25) is 0 Å². The first-order valence-corrected chi connectivity index (χ1v) is 2.82. The summed E-state index contributed by atoms with van der Waals surface area (Å²) in [5.41, 5.74) is 0.486. The van der Waals surface area contributed by atoms with E-state index in [1.54, 1.807) is 6.07 Å². The molecule has 0 spiro atoms. The lowest BCUT2D eigenvalue weighted by atomic mass is 10.4. The van der Waals surface area contributed by atoms with E-state index >= 15 is 0 Å². The van der Waals surface area contributed by atoms with Crippen molar-refractivity contribution in [2.24, 2.45) is 0 Å². The summed E-state index contributed by atoms with van der Waals surface area (Å²) in [4.78, 5) is 2.42. The van der Waals surface area contributed by atoms with Crippen LogP contribution in [0.2, 0.25) is 0 Å². The molecule has 4 heteroatoms. The Balaban J connectivity index is 2.88. The summed E-state index contributed by atoms with van der Waals surface area (Å²) in [5, 5.41) is 7.98. The van der Waals surface area contributed by atoms with Crippen LogP contribution in [0.1, 0.15) is 0 Å². The highest BCUT2D eigenvalue weighted by Crippen LogP contribution is 2.08. The van der Waals surface area contributed by atoms with E-state index in [0.29, 0.717) is 5.65 Å². The van der Waals surface area contributed by atoms with E-state index in [1.807, 2.05) is 0 Å². The van der Waals surface area contributed by atoms with Crippen LogP contribution in [-0.4, -0.2) is 15.2 Å². The molecule has 3 nitrogen and oxygen atoms in total. The third-order valence-corrected chi connectivity index (χ3v) is 1.27. The molecule has 2 aromatic rings. The van der Waals surface area contributed by atoms with Gasteiger partial charge in [-0.3, -0.25) is 0 Å². The van der Waals surface area contributed by atoms with Gasteiger partial charge in [-0.2, -0.15) is 9.49 Å². The molecule has 2 heterocycles. The molecule has 0 atom stereocenters. The van der Waals surface area contributed by atoms with E-state index in [4.69, 9.17) is 0 Å². The van der Waals surface area contributed by atoms with Gasteiger partial charge in [0, 0.05) is 11.5 Å². The number of aromatic amines is 1. The second-order valence-corrected chi connectivity index (χ2v) is 1.95. The molecule has 10 heavy (non-hydrogen) atoms. The van der Waals surface area contributed by atoms with Crippen molar-refractivity contribution in [3.8, 4) is 0 Å². The zero-order valence-electron chi connectivity index (χ0n) is 5.00. The zero-order valence-corrected chi connectivity index (χ0v) is 5.00. The second-order valence-electron chi connectivity index (χ2n) is 1.95. The highest BCUT2D eigenvalue weighted by molar-refractivity contribution is 5.74. The molecule has 1 N–H and O–H groups in total. The summed E-state index contributed by atoms with van der Waals surface area (Å²) in [6, 6.07) is 3.08. The minimum Gasteiger partial charge on any atom is -0.315 e. The number of H-pyrrole nitrogens is 1. The van der Waals surface area contributed by atoms with Crippen LogP contribution in [0.4, 0.5) is 4.39 Å². The minimum absolute atomic E-state index is 0.379. The van der Waals surface area contributed by atoms with E-state index in [0.717, 1.165) is 5.39 Å². The quantitative estimate of drug-likeness (QED) is 0.590. The summed E-state index contributed by atoms with van der Waals surface area (Å²) in [6.07, 6.45) is 1.52. The Morgan fingerprint density at radius 2 is 2.40 bits per heavy atom. The van der Waals surface area contributed by atoms with Crippen molar-refractivity contribution in [2.45, 2.75) is 0 Å². The van der Waals surface area contributed by atoms with Gasteiger partial charge in [0.05, 0.1) is 6.20 Å². The van der Waals surface area contributed by atoms with Crippen LogP contribution in [0, 0.1) is 5.95 Å². The summed E-state index contributed by atoms with van der Waals surface area (Å²) in [6.45, 7) is 0. The van der Waals surface area contributed by atoms with Crippen LogP contribution in [0.15, 0.2) is 18.3 Å². The molecule has 0 unspecified atom stereocenters. The molecule has 2 aromatic heterocycles. The van der Waals surface area contributed by atoms with Gasteiger partial charge in [-0.05, 0) is 6.07 Å². The first-order valence-electron chi connectivity index (χ1n) is 2.82. The van der Waals surface area contributed by atoms with E-state index in [2.05, 4.69) is 15.2 Å². The van der Waals surface area contributed by atoms with Gasteiger partial charge >= 0.3 is 0 Å². The smallest absolute Gasteiger partial charge is 0.193 e. The first kappa shape index (κ1) is 5.34. The van der Waals surface area contributed by atoms with Crippen LogP contribution in [0.5, 0.6) is 0 Å². The maximum Gasteiger partial charge on any atom is 0.193 e. The minimum atomic E-state index is -0.379. The van der Waals surface area contributed by atoms with Gasteiger partial charge in [0.15, 0.2) is 11.6 Å². The average Bonchev–Trinajstić information content (AvgIpc) is 2.27. The maximum atomic E-state index is 12.4. The van der Waals surface area contributed by atoms with Crippen LogP contribution in [0.3, 0.4) is 0 Å². The monoisotopic (exact) mass is 137 g/mol. The van der Waals surface area contributed by atoms with Gasteiger partial charge in [0.25, 0.3) is 0 Å². The standard InChI is InChI=1S/C6H4FN3/c7-5-3-4-1-2-8-10-6(4)9-5/h1-3H,(H,9,10). The number of nitrogens with one attached hydrogen (secondary N) is 1. The third-order valence-electron chi connectivity index (χ3n) is 1.27. The number of rotatable bonds is 0. The number of nitrogens with zero attached hydrogens (tertiary/aromatic N) is 2. The molecule has 0 aromatic carbocycles. The lowest BCUT2D eigenvalue weighted by Crippen LogP contribution is -1.78. The molecule has 0 saturated heterocycles. The van der Waals surface area contributed by atoms with E-state index < -0.39 is 0 Å². The maximum absolute atomic E-state index is 12.4. The molecule has 0 fully saturated rings. The van der Waals surface area contributed by atoms with Gasteiger partial charge in [-0.15, -0.1) is 5.10 Å². The van der Waals surface area contributed by atoms with Crippen LogP contribution >= 0.6 is 0 Å². The fourth-order valence-electron chi connectivity index (χ4n) is 0.841. The fourth-order valence-corrected chi connectivity index (χ4v) is 0.841.